The highest BCUT2D eigenvalue weighted by Gasteiger charge is 2.28. The predicted octanol–water partition coefficient (Wildman–Crippen LogP) is -1.11. The van der Waals surface area contributed by atoms with Crippen molar-refractivity contribution in [2.75, 3.05) is 32.5 Å². The van der Waals surface area contributed by atoms with Gasteiger partial charge in [0.2, 0.25) is 10.0 Å². The van der Waals surface area contributed by atoms with Crippen molar-refractivity contribution in [1.29, 1.82) is 0 Å². The first kappa shape index (κ1) is 16.4. The number of sulfonamides is 1. The number of carbonyl (C=O) groups excluding carboxylic acids is 1. The van der Waals surface area contributed by atoms with Gasteiger partial charge in [-0.15, -0.1) is 0 Å². The van der Waals surface area contributed by atoms with Gasteiger partial charge in [-0.2, -0.15) is 0 Å². The molecular formula is C11H23N3O4S. The van der Waals surface area contributed by atoms with Gasteiger partial charge in [-0.3, -0.25) is 4.79 Å². The van der Waals surface area contributed by atoms with E-state index in [2.05, 4.69) is 4.72 Å². The Balaban J connectivity index is 2.47. The van der Waals surface area contributed by atoms with Crippen LogP contribution in [0.5, 0.6) is 0 Å². The fourth-order valence-corrected chi connectivity index (χ4v) is 2.97. The molecule has 112 valence electrons. The lowest BCUT2D eigenvalue weighted by atomic mass is 10.1. The fraction of sp³-hybridized carbons (Fsp3) is 0.909. The summed E-state index contributed by atoms with van der Waals surface area (Å²) in [5, 5.41) is 0. The van der Waals surface area contributed by atoms with Crippen molar-refractivity contribution >= 4 is 15.9 Å². The summed E-state index contributed by atoms with van der Waals surface area (Å²) in [5.41, 5.74) is 5.46. The van der Waals surface area contributed by atoms with E-state index in [1.54, 1.807) is 11.8 Å². The van der Waals surface area contributed by atoms with E-state index in [0.29, 0.717) is 25.9 Å². The van der Waals surface area contributed by atoms with Gasteiger partial charge < -0.3 is 15.4 Å². The normalized spacial score (nSPS) is 19.4. The lowest BCUT2D eigenvalue weighted by Crippen LogP contribution is -2.50. The zero-order valence-electron chi connectivity index (χ0n) is 11.5. The molecule has 1 aliphatic rings. The Kier molecular flexibility index (Phi) is 6.18. The Morgan fingerprint density at radius 3 is 2.47 bits per heavy atom. The van der Waals surface area contributed by atoms with Crippen molar-refractivity contribution in [3.05, 3.63) is 0 Å². The van der Waals surface area contributed by atoms with Gasteiger partial charge >= 0.3 is 0 Å². The second kappa shape index (κ2) is 7.18. The topological polar surface area (TPSA) is 102 Å². The predicted molar refractivity (Wildman–Crippen MR) is 72.0 cm³/mol. The van der Waals surface area contributed by atoms with Crippen LogP contribution in [0.2, 0.25) is 0 Å². The number of rotatable bonds is 6. The maximum atomic E-state index is 12.0. The number of carbonyl (C=O) groups is 1. The number of nitrogens with two attached hydrogens (primary N) is 1. The summed E-state index contributed by atoms with van der Waals surface area (Å²) in [4.78, 5) is 13.7. The number of piperidine rings is 1. The van der Waals surface area contributed by atoms with E-state index in [0.717, 1.165) is 0 Å². The summed E-state index contributed by atoms with van der Waals surface area (Å²) in [6.45, 7) is 2.80. The molecule has 1 heterocycles. The van der Waals surface area contributed by atoms with Crippen LogP contribution in [0.15, 0.2) is 0 Å². The molecule has 0 aromatic carbocycles. The van der Waals surface area contributed by atoms with Gasteiger partial charge in [0.15, 0.2) is 0 Å². The van der Waals surface area contributed by atoms with E-state index in [-0.39, 0.29) is 24.2 Å². The standard InChI is InChI=1S/C11H23N3O4S/c1-3-19(16,17)13-9-4-6-14(7-5-9)11(15)10(8-12)18-2/h9-10,13H,3-8,12H2,1-2H3. The van der Waals surface area contributed by atoms with Crippen molar-refractivity contribution < 1.29 is 17.9 Å². The Bertz CT molecular complexity index is 387. The summed E-state index contributed by atoms with van der Waals surface area (Å²) in [5.74, 6) is -0.0489. The minimum Gasteiger partial charge on any atom is -0.370 e. The molecule has 0 aliphatic carbocycles. The van der Waals surface area contributed by atoms with Crippen molar-refractivity contribution in [2.24, 2.45) is 5.73 Å². The second-order valence-corrected chi connectivity index (χ2v) is 6.62. The van der Waals surface area contributed by atoms with Gasteiger partial charge in [-0.05, 0) is 19.8 Å². The zero-order chi connectivity index (χ0) is 14.5. The number of nitrogens with one attached hydrogen (secondary N) is 1. The molecule has 8 heteroatoms. The van der Waals surface area contributed by atoms with Gasteiger partial charge in [-0.1, -0.05) is 0 Å². The average Bonchev–Trinajstić information content (AvgIpc) is 2.40. The third kappa shape index (κ3) is 4.72. The van der Waals surface area contributed by atoms with E-state index in [4.69, 9.17) is 10.5 Å². The molecule has 0 saturated carbocycles. The molecule has 19 heavy (non-hydrogen) atoms. The molecule has 1 saturated heterocycles. The quantitative estimate of drug-likeness (QED) is 0.646. The Morgan fingerprint density at radius 2 is 2.05 bits per heavy atom. The molecule has 1 unspecified atom stereocenters. The third-order valence-corrected chi connectivity index (χ3v) is 4.76. The molecule has 0 aromatic heterocycles. The molecule has 0 bridgehead atoms. The van der Waals surface area contributed by atoms with Crippen molar-refractivity contribution in [1.82, 2.24) is 9.62 Å². The molecule has 1 atom stereocenters. The monoisotopic (exact) mass is 293 g/mol. The van der Waals surface area contributed by atoms with Crippen molar-refractivity contribution in [3.8, 4) is 0 Å². The summed E-state index contributed by atoms with van der Waals surface area (Å²) in [6, 6.07) is -0.0899. The van der Waals surface area contributed by atoms with E-state index in [1.165, 1.54) is 7.11 Å². The first-order valence-corrected chi connectivity index (χ1v) is 8.10. The van der Waals surface area contributed by atoms with Gasteiger partial charge in [0.05, 0.1) is 5.75 Å². The maximum absolute atomic E-state index is 12.0. The Hall–Kier alpha value is -0.700. The van der Waals surface area contributed by atoms with Crippen LogP contribution >= 0.6 is 0 Å². The van der Waals surface area contributed by atoms with Crippen LogP contribution < -0.4 is 10.5 Å². The fourth-order valence-electron chi connectivity index (χ4n) is 2.06. The van der Waals surface area contributed by atoms with Crippen LogP contribution in [0.1, 0.15) is 19.8 Å². The number of nitrogens with zero attached hydrogens (tertiary/aromatic N) is 1. The maximum Gasteiger partial charge on any atom is 0.253 e. The van der Waals surface area contributed by atoms with Crippen molar-refractivity contribution in [3.63, 3.8) is 0 Å². The average molecular weight is 293 g/mol. The highest BCUT2D eigenvalue weighted by Crippen LogP contribution is 2.13. The van der Waals surface area contributed by atoms with Gasteiger partial charge in [0.1, 0.15) is 6.10 Å². The second-order valence-electron chi connectivity index (χ2n) is 4.58. The molecule has 7 nitrogen and oxygen atoms in total. The molecular weight excluding hydrogens is 270 g/mol. The van der Waals surface area contributed by atoms with Crippen LogP contribution in [0, 0.1) is 0 Å². The molecule has 0 spiro atoms. The van der Waals surface area contributed by atoms with Crippen LogP contribution in [0.3, 0.4) is 0 Å². The highest BCUT2D eigenvalue weighted by atomic mass is 32.2. The molecule has 1 aliphatic heterocycles. The number of ether oxygens (including phenoxy) is 1. The van der Waals surface area contributed by atoms with E-state index >= 15 is 0 Å². The van der Waals surface area contributed by atoms with E-state index in [9.17, 15) is 13.2 Å². The molecule has 0 radical (unpaired) electrons. The van der Waals surface area contributed by atoms with Crippen LogP contribution in [-0.4, -0.2) is 63.9 Å². The van der Waals surface area contributed by atoms with Crippen LogP contribution in [0.25, 0.3) is 0 Å². The lowest BCUT2D eigenvalue weighted by molar-refractivity contribution is -0.142. The first-order chi connectivity index (χ1) is 8.93. The smallest absolute Gasteiger partial charge is 0.253 e. The van der Waals surface area contributed by atoms with E-state index in [1.807, 2.05) is 0 Å². The van der Waals surface area contributed by atoms with Crippen molar-refractivity contribution in [2.45, 2.75) is 31.9 Å². The first-order valence-electron chi connectivity index (χ1n) is 6.45. The number of likely N-dealkylation sites (tertiary alicyclic amines) is 1. The summed E-state index contributed by atoms with van der Waals surface area (Å²) in [6.07, 6.45) is 0.627. The molecule has 1 amide bonds. The highest BCUT2D eigenvalue weighted by molar-refractivity contribution is 7.89. The van der Waals surface area contributed by atoms with Gasteiger partial charge in [0.25, 0.3) is 5.91 Å². The van der Waals surface area contributed by atoms with Crippen LogP contribution in [0.4, 0.5) is 0 Å². The zero-order valence-corrected chi connectivity index (χ0v) is 12.3. The third-order valence-electron chi connectivity index (χ3n) is 3.31. The number of amides is 1. The largest absolute Gasteiger partial charge is 0.370 e. The molecule has 3 N–H and O–H groups in total. The van der Waals surface area contributed by atoms with Gasteiger partial charge in [-0.25, -0.2) is 13.1 Å². The number of hydrogen-bond donors (Lipinski definition) is 2. The molecule has 0 aromatic rings. The summed E-state index contributed by atoms with van der Waals surface area (Å²) in [7, 11) is -1.72. The lowest BCUT2D eigenvalue weighted by Gasteiger charge is -2.33. The number of hydrogen-bond acceptors (Lipinski definition) is 5. The molecule has 1 rings (SSSR count). The Labute approximate surface area is 114 Å². The Morgan fingerprint density at radius 1 is 1.47 bits per heavy atom. The molecule has 1 fully saturated rings. The summed E-state index contributed by atoms with van der Waals surface area (Å²) >= 11 is 0. The minimum absolute atomic E-state index is 0.0745. The SMILES string of the molecule is CCS(=O)(=O)NC1CCN(C(=O)C(CN)OC)CC1. The van der Waals surface area contributed by atoms with E-state index < -0.39 is 16.1 Å². The summed E-state index contributed by atoms with van der Waals surface area (Å²) < 4.78 is 30.6. The van der Waals surface area contributed by atoms with Crippen LogP contribution in [-0.2, 0) is 19.6 Å². The minimum atomic E-state index is -3.18. The number of methoxy groups -OCH3 is 1. The van der Waals surface area contributed by atoms with Gasteiger partial charge in [0, 0.05) is 32.8 Å².